The number of nitrogens with one attached hydrogen (secondary N) is 1. The van der Waals surface area contributed by atoms with E-state index in [1.54, 1.807) is 12.4 Å². The fourth-order valence-corrected chi connectivity index (χ4v) is 4.13. The fraction of sp³-hybridized carbons (Fsp3) is 0.125. The molecule has 0 saturated carbocycles. The monoisotopic (exact) mass is 412 g/mol. The molecule has 5 rings (SSSR count). The molecule has 1 aliphatic rings. The first-order valence-electron chi connectivity index (χ1n) is 9.83. The van der Waals surface area contributed by atoms with Crippen molar-refractivity contribution in [3.05, 3.63) is 108 Å². The van der Waals surface area contributed by atoms with Crippen LogP contribution in [0.1, 0.15) is 29.2 Å². The molecule has 0 spiro atoms. The maximum absolute atomic E-state index is 6.33. The van der Waals surface area contributed by atoms with E-state index in [1.807, 2.05) is 78.9 Å². The summed E-state index contributed by atoms with van der Waals surface area (Å²) in [5.74, 6) is 1.67. The highest BCUT2D eigenvalue weighted by Gasteiger charge is 2.41. The molecule has 1 aromatic carbocycles. The van der Waals surface area contributed by atoms with Crippen LogP contribution in [0.5, 0.6) is 0 Å². The number of furan rings is 1. The van der Waals surface area contributed by atoms with Crippen molar-refractivity contribution in [2.45, 2.75) is 18.6 Å². The van der Waals surface area contributed by atoms with Crippen molar-refractivity contribution in [2.75, 3.05) is 0 Å². The first kappa shape index (κ1) is 18.5. The van der Waals surface area contributed by atoms with E-state index >= 15 is 0 Å². The van der Waals surface area contributed by atoms with Gasteiger partial charge in [0.05, 0.1) is 24.0 Å². The lowest BCUT2D eigenvalue weighted by Crippen LogP contribution is -2.29. The van der Waals surface area contributed by atoms with Crippen molar-refractivity contribution in [1.82, 2.24) is 20.2 Å². The normalized spacial score (nSPS) is 18.4. The molecule has 1 fully saturated rings. The van der Waals surface area contributed by atoms with Gasteiger partial charge in [-0.05, 0) is 48.6 Å². The molecule has 4 heterocycles. The smallest absolute Gasteiger partial charge is 0.170 e. The van der Waals surface area contributed by atoms with Crippen LogP contribution >= 0.6 is 12.2 Å². The molecule has 0 aliphatic carbocycles. The van der Waals surface area contributed by atoms with Crippen LogP contribution in [-0.2, 0) is 6.54 Å². The molecule has 30 heavy (non-hydrogen) atoms. The molecule has 1 aliphatic heterocycles. The molecule has 1 saturated heterocycles. The van der Waals surface area contributed by atoms with Crippen LogP contribution in [0.15, 0.2) is 95.7 Å². The van der Waals surface area contributed by atoms with E-state index < -0.39 is 0 Å². The van der Waals surface area contributed by atoms with E-state index in [0.29, 0.717) is 11.7 Å². The van der Waals surface area contributed by atoms with E-state index in [9.17, 15) is 0 Å². The molecule has 148 valence electrons. The van der Waals surface area contributed by atoms with Gasteiger partial charge < -0.3 is 14.6 Å². The van der Waals surface area contributed by atoms with Gasteiger partial charge in [-0.3, -0.25) is 9.97 Å². The number of nitrogens with zero attached hydrogens (tertiary/aromatic N) is 3. The highest BCUT2D eigenvalue weighted by Crippen LogP contribution is 2.41. The Labute approximate surface area is 180 Å². The minimum absolute atomic E-state index is 0.114. The van der Waals surface area contributed by atoms with Crippen molar-refractivity contribution in [2.24, 2.45) is 0 Å². The van der Waals surface area contributed by atoms with Gasteiger partial charge in [0, 0.05) is 18.0 Å². The summed E-state index contributed by atoms with van der Waals surface area (Å²) in [5.41, 5.74) is 2.91. The average Bonchev–Trinajstić information content (AvgIpc) is 3.41. The van der Waals surface area contributed by atoms with Crippen LogP contribution in [0, 0.1) is 0 Å². The van der Waals surface area contributed by atoms with Gasteiger partial charge in [0.2, 0.25) is 0 Å². The van der Waals surface area contributed by atoms with Crippen molar-refractivity contribution in [3.8, 4) is 11.3 Å². The van der Waals surface area contributed by atoms with E-state index in [0.717, 1.165) is 28.5 Å². The standard InChI is InChI=1S/C24H20N4OS/c30-24-27-22(19-11-5-7-15-26-19)23(28(24)16-18-10-4-6-14-25-18)21-13-12-20(29-21)17-8-2-1-3-9-17/h1-15,22-23H,16H2,(H,27,30)/t22-,23+/m0/s1. The van der Waals surface area contributed by atoms with Crippen molar-refractivity contribution >= 4 is 17.3 Å². The number of pyridine rings is 2. The molecule has 0 amide bonds. The largest absolute Gasteiger partial charge is 0.459 e. The Morgan fingerprint density at radius 2 is 1.63 bits per heavy atom. The number of benzene rings is 1. The Hall–Kier alpha value is -3.51. The topological polar surface area (TPSA) is 54.2 Å². The molecule has 0 unspecified atom stereocenters. The zero-order valence-corrected chi connectivity index (χ0v) is 17.0. The van der Waals surface area contributed by atoms with Crippen LogP contribution in [0.2, 0.25) is 0 Å². The Kier molecular flexibility index (Phi) is 4.99. The van der Waals surface area contributed by atoms with Crippen LogP contribution in [0.4, 0.5) is 0 Å². The van der Waals surface area contributed by atoms with E-state index in [1.165, 1.54) is 0 Å². The predicted molar refractivity (Wildman–Crippen MR) is 119 cm³/mol. The molecule has 4 aromatic rings. The van der Waals surface area contributed by atoms with Crippen LogP contribution in [-0.4, -0.2) is 20.0 Å². The molecule has 1 N–H and O–H groups in total. The average molecular weight is 413 g/mol. The van der Waals surface area contributed by atoms with Crippen molar-refractivity contribution in [1.29, 1.82) is 0 Å². The van der Waals surface area contributed by atoms with Gasteiger partial charge in [-0.2, -0.15) is 0 Å². The zero-order valence-electron chi connectivity index (χ0n) is 16.2. The number of hydrogen-bond donors (Lipinski definition) is 1. The van der Waals surface area contributed by atoms with Gasteiger partial charge in [0.15, 0.2) is 5.11 Å². The van der Waals surface area contributed by atoms with Crippen LogP contribution < -0.4 is 5.32 Å². The first-order chi connectivity index (χ1) is 14.8. The maximum Gasteiger partial charge on any atom is 0.170 e. The van der Waals surface area contributed by atoms with Gasteiger partial charge in [-0.25, -0.2) is 0 Å². The van der Waals surface area contributed by atoms with Gasteiger partial charge in [-0.1, -0.05) is 42.5 Å². The van der Waals surface area contributed by atoms with Crippen molar-refractivity contribution in [3.63, 3.8) is 0 Å². The maximum atomic E-state index is 6.33. The van der Waals surface area contributed by atoms with Gasteiger partial charge in [0.1, 0.15) is 17.6 Å². The Bertz CT molecular complexity index is 1130. The Morgan fingerprint density at radius 3 is 2.37 bits per heavy atom. The fourth-order valence-electron chi connectivity index (χ4n) is 3.82. The third kappa shape index (κ3) is 3.57. The lowest BCUT2D eigenvalue weighted by Gasteiger charge is -2.25. The van der Waals surface area contributed by atoms with E-state index in [-0.39, 0.29) is 12.1 Å². The predicted octanol–water partition coefficient (Wildman–Crippen LogP) is 4.91. The van der Waals surface area contributed by atoms with Gasteiger partial charge >= 0.3 is 0 Å². The minimum Gasteiger partial charge on any atom is -0.459 e. The molecule has 0 bridgehead atoms. The lowest BCUT2D eigenvalue weighted by atomic mass is 10.0. The third-order valence-corrected chi connectivity index (χ3v) is 5.59. The second-order valence-corrected chi connectivity index (χ2v) is 7.53. The van der Waals surface area contributed by atoms with Gasteiger partial charge in [-0.15, -0.1) is 0 Å². The molecule has 3 aromatic heterocycles. The second kappa shape index (κ2) is 8.08. The van der Waals surface area contributed by atoms with Crippen LogP contribution in [0.25, 0.3) is 11.3 Å². The molecular formula is C24H20N4OS. The first-order valence-corrected chi connectivity index (χ1v) is 10.2. The quantitative estimate of drug-likeness (QED) is 0.470. The summed E-state index contributed by atoms with van der Waals surface area (Å²) in [6.45, 7) is 0.585. The van der Waals surface area contributed by atoms with E-state index in [4.69, 9.17) is 16.6 Å². The lowest BCUT2D eigenvalue weighted by molar-refractivity contribution is 0.267. The van der Waals surface area contributed by atoms with Crippen LogP contribution in [0.3, 0.4) is 0 Å². The summed E-state index contributed by atoms with van der Waals surface area (Å²) >= 11 is 5.71. The molecular weight excluding hydrogens is 392 g/mol. The summed E-state index contributed by atoms with van der Waals surface area (Å²) in [4.78, 5) is 11.2. The summed E-state index contributed by atoms with van der Waals surface area (Å²) in [7, 11) is 0. The molecule has 0 radical (unpaired) electrons. The number of aromatic nitrogens is 2. The minimum atomic E-state index is -0.133. The van der Waals surface area contributed by atoms with E-state index in [2.05, 4.69) is 20.2 Å². The highest BCUT2D eigenvalue weighted by atomic mass is 32.1. The number of thiocarbonyl (C=S) groups is 1. The Balaban J connectivity index is 1.54. The SMILES string of the molecule is S=C1N[C@@H](c2ccccn2)[C@@H](c2ccc(-c3ccccc3)o2)N1Cc1ccccn1. The number of hydrogen-bond acceptors (Lipinski definition) is 4. The summed E-state index contributed by atoms with van der Waals surface area (Å²) in [5, 5.41) is 4.11. The highest BCUT2D eigenvalue weighted by molar-refractivity contribution is 7.80. The van der Waals surface area contributed by atoms with Crippen molar-refractivity contribution < 1.29 is 4.42 Å². The molecule has 5 nitrogen and oxygen atoms in total. The molecule has 6 heteroatoms. The third-order valence-electron chi connectivity index (χ3n) is 5.23. The summed E-state index contributed by atoms with van der Waals surface area (Å²) in [6.07, 6.45) is 3.60. The second-order valence-electron chi connectivity index (χ2n) is 7.14. The molecule has 2 atom stereocenters. The summed E-state index contributed by atoms with van der Waals surface area (Å²) in [6, 6.07) is 25.7. The Morgan fingerprint density at radius 1 is 0.867 bits per heavy atom. The number of rotatable bonds is 5. The summed E-state index contributed by atoms with van der Waals surface area (Å²) < 4.78 is 6.33. The zero-order chi connectivity index (χ0) is 20.3. The van der Waals surface area contributed by atoms with Gasteiger partial charge in [0.25, 0.3) is 0 Å².